The Labute approximate surface area is 145 Å². The highest BCUT2D eigenvalue weighted by Crippen LogP contribution is 2.45. The van der Waals surface area contributed by atoms with Crippen LogP contribution < -0.4 is 0 Å². The Morgan fingerprint density at radius 3 is 2.83 bits per heavy atom. The van der Waals surface area contributed by atoms with Gasteiger partial charge in [0.2, 0.25) is 0 Å². The first-order valence-electron chi connectivity index (χ1n) is 7.96. The molecule has 1 amide bonds. The van der Waals surface area contributed by atoms with E-state index >= 15 is 0 Å². The lowest BCUT2D eigenvalue weighted by Crippen LogP contribution is -2.68. The van der Waals surface area contributed by atoms with E-state index < -0.39 is 14.6 Å². The number of hydrogen-bond donors (Lipinski definition) is 0. The molecule has 0 unspecified atom stereocenters. The zero-order valence-corrected chi connectivity index (χ0v) is 15.0. The summed E-state index contributed by atoms with van der Waals surface area (Å²) < 4.78 is 30.5. The maximum Gasteiger partial charge on any atom is 0.264 e. The number of thiophene rings is 1. The standard InChI is InChI=1S/C17H19NO4S2/c1-22-9-13-6-7-24(20,21)17(13)10-18(11-17)16(19)15-8-12-4-2-3-5-14(12)23-15/h2-5,8,13H,6-7,9-11H2,1H3/t13-/m1/s1. The Morgan fingerprint density at radius 1 is 1.38 bits per heavy atom. The van der Waals surface area contributed by atoms with Crippen molar-refractivity contribution >= 4 is 37.2 Å². The second kappa shape index (κ2) is 5.54. The van der Waals surface area contributed by atoms with Crippen LogP contribution in [0, 0.1) is 5.92 Å². The summed E-state index contributed by atoms with van der Waals surface area (Å²) in [6.45, 7) is 1.01. The predicted molar refractivity (Wildman–Crippen MR) is 94.2 cm³/mol. The minimum Gasteiger partial charge on any atom is -0.384 e. The normalized spacial score (nSPS) is 24.4. The molecule has 2 fully saturated rings. The zero-order chi connectivity index (χ0) is 16.9. The molecule has 24 heavy (non-hydrogen) atoms. The van der Waals surface area contributed by atoms with E-state index in [2.05, 4.69) is 0 Å². The first-order valence-corrected chi connectivity index (χ1v) is 10.4. The number of carbonyl (C=O) groups is 1. The van der Waals surface area contributed by atoms with Crippen LogP contribution in [0.4, 0.5) is 0 Å². The largest absolute Gasteiger partial charge is 0.384 e. The third kappa shape index (κ3) is 2.22. The van der Waals surface area contributed by atoms with Gasteiger partial charge in [0.1, 0.15) is 4.75 Å². The minimum atomic E-state index is -3.16. The van der Waals surface area contributed by atoms with Gasteiger partial charge in [0.25, 0.3) is 5.91 Å². The number of rotatable bonds is 3. The van der Waals surface area contributed by atoms with Crippen LogP contribution in [0.5, 0.6) is 0 Å². The van der Waals surface area contributed by atoms with Gasteiger partial charge < -0.3 is 9.64 Å². The van der Waals surface area contributed by atoms with Gasteiger partial charge in [-0.1, -0.05) is 18.2 Å². The first-order chi connectivity index (χ1) is 11.5. The Morgan fingerprint density at radius 2 is 2.12 bits per heavy atom. The van der Waals surface area contributed by atoms with Crippen molar-refractivity contribution in [3.8, 4) is 0 Å². The van der Waals surface area contributed by atoms with Crippen molar-refractivity contribution in [2.45, 2.75) is 11.2 Å². The fraction of sp³-hybridized carbons (Fsp3) is 0.471. The van der Waals surface area contributed by atoms with Crippen molar-refractivity contribution in [3.05, 3.63) is 35.2 Å². The van der Waals surface area contributed by atoms with E-state index in [4.69, 9.17) is 4.74 Å². The van der Waals surface area contributed by atoms with Gasteiger partial charge in [0.05, 0.1) is 17.2 Å². The molecule has 0 radical (unpaired) electrons. The third-order valence-corrected chi connectivity index (χ3v) is 9.01. The van der Waals surface area contributed by atoms with Gasteiger partial charge in [-0.3, -0.25) is 4.79 Å². The smallest absolute Gasteiger partial charge is 0.264 e. The lowest BCUT2D eigenvalue weighted by Gasteiger charge is -2.49. The molecule has 1 aromatic carbocycles. The molecule has 5 nitrogen and oxygen atoms in total. The van der Waals surface area contributed by atoms with Crippen LogP contribution in [-0.4, -0.2) is 56.5 Å². The van der Waals surface area contributed by atoms with E-state index in [1.807, 2.05) is 30.3 Å². The molecule has 1 spiro atoms. The van der Waals surface area contributed by atoms with Crippen LogP contribution in [0.3, 0.4) is 0 Å². The zero-order valence-electron chi connectivity index (χ0n) is 13.4. The van der Waals surface area contributed by atoms with Crippen molar-refractivity contribution in [1.29, 1.82) is 0 Å². The summed E-state index contributed by atoms with van der Waals surface area (Å²) in [4.78, 5) is 15.1. The number of hydrogen-bond acceptors (Lipinski definition) is 5. The Bertz CT molecular complexity index is 863. The Kier molecular flexibility index (Phi) is 3.71. The van der Waals surface area contributed by atoms with Gasteiger partial charge in [-0.05, 0) is 23.9 Å². The molecule has 2 aliphatic rings. The highest BCUT2D eigenvalue weighted by molar-refractivity contribution is 7.93. The molecule has 7 heteroatoms. The molecule has 0 saturated carbocycles. The Balaban J connectivity index is 1.56. The van der Waals surface area contributed by atoms with Crippen LogP contribution in [0.15, 0.2) is 30.3 Å². The van der Waals surface area contributed by atoms with E-state index in [9.17, 15) is 13.2 Å². The van der Waals surface area contributed by atoms with E-state index in [0.717, 1.165) is 10.1 Å². The molecule has 0 N–H and O–H groups in total. The minimum absolute atomic E-state index is 0.0149. The van der Waals surface area contributed by atoms with E-state index in [-0.39, 0.29) is 30.7 Å². The van der Waals surface area contributed by atoms with Gasteiger partial charge in [0.15, 0.2) is 9.84 Å². The number of benzene rings is 1. The number of amides is 1. The van der Waals surface area contributed by atoms with Gasteiger partial charge in [-0.15, -0.1) is 11.3 Å². The van der Waals surface area contributed by atoms with Crippen molar-refractivity contribution in [1.82, 2.24) is 4.90 Å². The fourth-order valence-corrected chi connectivity index (χ4v) is 7.33. The molecule has 2 aliphatic heterocycles. The molecule has 2 aromatic rings. The molecule has 128 valence electrons. The molecule has 0 bridgehead atoms. The SMILES string of the molecule is COC[C@H]1CCS(=O)(=O)C12CN(C(=O)c1cc3ccccc3s1)C2. The monoisotopic (exact) mass is 365 g/mol. The van der Waals surface area contributed by atoms with Gasteiger partial charge in [0, 0.05) is 30.8 Å². The van der Waals surface area contributed by atoms with Gasteiger partial charge in [-0.25, -0.2) is 8.42 Å². The molecule has 3 heterocycles. The molecule has 4 rings (SSSR count). The lowest BCUT2D eigenvalue weighted by molar-refractivity contribution is 0.0341. The molecule has 2 saturated heterocycles. The van der Waals surface area contributed by atoms with Gasteiger partial charge in [-0.2, -0.15) is 0 Å². The van der Waals surface area contributed by atoms with Crippen LogP contribution in [0.2, 0.25) is 0 Å². The van der Waals surface area contributed by atoms with Crippen molar-refractivity contribution in [2.24, 2.45) is 5.92 Å². The fourth-order valence-electron chi connectivity index (χ4n) is 3.90. The first kappa shape index (κ1) is 16.1. The van der Waals surface area contributed by atoms with Crippen LogP contribution in [-0.2, 0) is 14.6 Å². The van der Waals surface area contributed by atoms with E-state index in [1.165, 1.54) is 11.3 Å². The number of nitrogens with zero attached hydrogens (tertiary/aromatic N) is 1. The van der Waals surface area contributed by atoms with Crippen molar-refractivity contribution in [2.75, 3.05) is 32.6 Å². The number of methoxy groups -OCH3 is 1. The number of carbonyl (C=O) groups excluding carboxylic acids is 1. The van der Waals surface area contributed by atoms with E-state index in [0.29, 0.717) is 17.9 Å². The van der Waals surface area contributed by atoms with Crippen molar-refractivity contribution in [3.63, 3.8) is 0 Å². The Hall–Kier alpha value is -1.44. The second-order valence-corrected chi connectivity index (χ2v) is 10.2. The number of fused-ring (bicyclic) bond motifs is 1. The predicted octanol–water partition coefficient (Wildman–Crippen LogP) is 2.18. The average molecular weight is 365 g/mol. The highest BCUT2D eigenvalue weighted by Gasteiger charge is 2.62. The van der Waals surface area contributed by atoms with E-state index in [1.54, 1.807) is 12.0 Å². The molecule has 0 aliphatic carbocycles. The molecular formula is C17H19NO4S2. The number of ether oxygens (including phenoxy) is 1. The quantitative estimate of drug-likeness (QED) is 0.836. The highest BCUT2D eigenvalue weighted by atomic mass is 32.2. The average Bonchev–Trinajstić information content (AvgIpc) is 3.05. The second-order valence-electron chi connectivity index (χ2n) is 6.63. The maximum atomic E-state index is 12.7. The molecule has 1 atom stereocenters. The number of sulfone groups is 1. The summed E-state index contributed by atoms with van der Waals surface area (Å²) in [7, 11) is -1.57. The lowest BCUT2D eigenvalue weighted by atomic mass is 9.83. The maximum absolute atomic E-state index is 12.7. The summed E-state index contributed by atoms with van der Waals surface area (Å²) in [5, 5.41) is 1.05. The van der Waals surface area contributed by atoms with Crippen molar-refractivity contribution < 1.29 is 17.9 Å². The summed E-state index contributed by atoms with van der Waals surface area (Å²) in [6, 6.07) is 9.76. The third-order valence-electron chi connectivity index (χ3n) is 5.31. The summed E-state index contributed by atoms with van der Waals surface area (Å²) >= 11 is 1.46. The summed E-state index contributed by atoms with van der Waals surface area (Å²) in [5.74, 6) is 0.116. The molecule has 1 aromatic heterocycles. The number of likely N-dealkylation sites (tertiary alicyclic amines) is 1. The van der Waals surface area contributed by atoms with Crippen LogP contribution >= 0.6 is 11.3 Å². The summed E-state index contributed by atoms with van der Waals surface area (Å²) in [6.07, 6.45) is 0.626. The molecular weight excluding hydrogens is 346 g/mol. The van der Waals surface area contributed by atoms with Crippen LogP contribution in [0.1, 0.15) is 16.1 Å². The van der Waals surface area contributed by atoms with Crippen LogP contribution in [0.25, 0.3) is 10.1 Å². The summed E-state index contributed by atoms with van der Waals surface area (Å²) in [5.41, 5.74) is 0. The topological polar surface area (TPSA) is 63.7 Å². The van der Waals surface area contributed by atoms with Gasteiger partial charge >= 0.3 is 0 Å².